The largest absolute Gasteiger partial charge is 0.494 e. The minimum absolute atomic E-state index is 0.231. The van der Waals surface area contributed by atoms with Gasteiger partial charge in [0.05, 0.1) is 25.4 Å². The number of aliphatic hydroxyl groups is 1. The van der Waals surface area contributed by atoms with E-state index in [0.29, 0.717) is 6.42 Å². The van der Waals surface area contributed by atoms with Crippen molar-refractivity contribution in [3.63, 3.8) is 0 Å². The van der Waals surface area contributed by atoms with Crippen molar-refractivity contribution in [1.29, 1.82) is 0 Å². The molecule has 0 saturated heterocycles. The van der Waals surface area contributed by atoms with Crippen LogP contribution >= 0.6 is 0 Å². The van der Waals surface area contributed by atoms with Gasteiger partial charge in [0.25, 0.3) is 0 Å². The van der Waals surface area contributed by atoms with E-state index >= 15 is 0 Å². The highest BCUT2D eigenvalue weighted by atomic mass is 19.1. The van der Waals surface area contributed by atoms with Crippen molar-refractivity contribution in [1.82, 2.24) is 5.32 Å². The lowest BCUT2D eigenvalue weighted by Gasteiger charge is -2.18. The van der Waals surface area contributed by atoms with E-state index in [1.807, 2.05) is 13.8 Å². The summed E-state index contributed by atoms with van der Waals surface area (Å²) in [5, 5.41) is 13.9. The molecule has 0 saturated carbocycles. The Hall–Kier alpha value is -1.89. The van der Waals surface area contributed by atoms with Gasteiger partial charge in [-0.05, 0) is 12.3 Å². The Balaban J connectivity index is 2.72. The number of methoxy groups -OCH3 is 1. The Kier molecular flexibility index (Phi) is 6.36. The Morgan fingerprint density at radius 3 is 2.52 bits per heavy atom. The Morgan fingerprint density at radius 1 is 1.33 bits per heavy atom. The van der Waals surface area contributed by atoms with Crippen LogP contribution in [0.5, 0.6) is 5.75 Å². The van der Waals surface area contributed by atoms with Crippen LogP contribution in [0.15, 0.2) is 12.1 Å². The third kappa shape index (κ3) is 5.18. The van der Waals surface area contributed by atoms with E-state index in [0.717, 1.165) is 12.1 Å². The van der Waals surface area contributed by atoms with Gasteiger partial charge in [-0.15, -0.1) is 0 Å². The molecule has 2 amide bonds. The minimum atomic E-state index is -0.812. The normalized spacial score (nSPS) is 12.1. The molecule has 0 aliphatic heterocycles. The molecule has 0 spiro atoms. The summed E-state index contributed by atoms with van der Waals surface area (Å²) >= 11 is 0. The number of nitrogens with one attached hydrogen (secondary N) is 2. The highest BCUT2D eigenvalue weighted by molar-refractivity contribution is 5.89. The smallest absolute Gasteiger partial charge is 0.319 e. The molecule has 0 aliphatic carbocycles. The van der Waals surface area contributed by atoms with Crippen molar-refractivity contribution < 1.29 is 23.4 Å². The molecule has 5 nitrogen and oxygen atoms in total. The third-order valence-electron chi connectivity index (χ3n) is 2.80. The zero-order valence-electron chi connectivity index (χ0n) is 12.2. The zero-order valence-corrected chi connectivity index (χ0v) is 12.2. The second-order valence-electron chi connectivity index (χ2n) is 5.07. The summed E-state index contributed by atoms with van der Waals surface area (Å²) < 4.78 is 31.8. The van der Waals surface area contributed by atoms with Gasteiger partial charge < -0.3 is 20.5 Å². The van der Waals surface area contributed by atoms with Crippen LogP contribution in [-0.4, -0.2) is 30.9 Å². The quantitative estimate of drug-likeness (QED) is 0.756. The molecule has 1 atom stereocenters. The number of rotatable bonds is 6. The van der Waals surface area contributed by atoms with E-state index in [1.54, 1.807) is 0 Å². The van der Waals surface area contributed by atoms with E-state index in [1.165, 1.54) is 7.11 Å². The molecule has 1 aromatic carbocycles. The molecule has 1 aromatic rings. The van der Waals surface area contributed by atoms with Crippen LogP contribution in [0, 0.1) is 17.6 Å². The van der Waals surface area contributed by atoms with E-state index < -0.39 is 23.7 Å². The molecule has 1 rings (SSSR count). The van der Waals surface area contributed by atoms with Crippen molar-refractivity contribution in [3.05, 3.63) is 23.8 Å². The average molecular weight is 302 g/mol. The van der Waals surface area contributed by atoms with Gasteiger partial charge in [-0.2, -0.15) is 0 Å². The number of urea groups is 1. The van der Waals surface area contributed by atoms with Gasteiger partial charge in [0.15, 0.2) is 17.4 Å². The molecule has 21 heavy (non-hydrogen) atoms. The predicted octanol–water partition coefficient (Wildman–Crippen LogP) is 2.50. The molecule has 0 bridgehead atoms. The molecular formula is C14H20F2N2O3. The maximum atomic E-state index is 13.7. The molecule has 3 N–H and O–H groups in total. The molecule has 1 unspecified atom stereocenters. The number of ether oxygens (including phenoxy) is 1. The second kappa shape index (κ2) is 7.78. The first-order chi connectivity index (χ1) is 9.87. The summed E-state index contributed by atoms with van der Waals surface area (Å²) in [5.41, 5.74) is -0.299. The topological polar surface area (TPSA) is 70.6 Å². The van der Waals surface area contributed by atoms with E-state index in [4.69, 9.17) is 5.11 Å². The minimum Gasteiger partial charge on any atom is -0.494 e. The standard InChI is InChI=1S/C14H20F2N2O3/c1-8(2)4-9(7-19)17-14(20)18-12-5-11(16)13(21-3)6-10(12)15/h5-6,8-9,19H,4,7H2,1-3H3,(H2,17,18,20). The third-order valence-corrected chi connectivity index (χ3v) is 2.80. The van der Waals surface area contributed by atoms with Crippen LogP contribution in [0.25, 0.3) is 0 Å². The van der Waals surface area contributed by atoms with Crippen molar-refractivity contribution in [3.8, 4) is 5.75 Å². The summed E-state index contributed by atoms with van der Waals surface area (Å²) in [5.74, 6) is -1.56. The molecule has 0 radical (unpaired) electrons. The zero-order chi connectivity index (χ0) is 16.0. The summed E-state index contributed by atoms with van der Waals surface area (Å²) in [6.07, 6.45) is 0.573. The van der Waals surface area contributed by atoms with Gasteiger partial charge in [0, 0.05) is 12.1 Å². The second-order valence-corrected chi connectivity index (χ2v) is 5.07. The molecule has 0 heterocycles. The summed E-state index contributed by atoms with van der Waals surface area (Å²) in [7, 11) is 1.22. The maximum Gasteiger partial charge on any atom is 0.319 e. The maximum absolute atomic E-state index is 13.7. The molecule has 0 fully saturated rings. The summed E-state index contributed by atoms with van der Waals surface area (Å²) in [4.78, 5) is 11.7. The van der Waals surface area contributed by atoms with E-state index in [-0.39, 0.29) is 24.0 Å². The van der Waals surface area contributed by atoms with Crippen LogP contribution in [-0.2, 0) is 0 Å². The van der Waals surface area contributed by atoms with Crippen LogP contribution in [0.2, 0.25) is 0 Å². The van der Waals surface area contributed by atoms with Crippen LogP contribution in [0.3, 0.4) is 0 Å². The van der Waals surface area contributed by atoms with Gasteiger partial charge >= 0.3 is 6.03 Å². The van der Waals surface area contributed by atoms with Crippen molar-refractivity contribution >= 4 is 11.7 Å². The van der Waals surface area contributed by atoms with Gasteiger partial charge in [0.2, 0.25) is 0 Å². The number of hydrogen-bond donors (Lipinski definition) is 3. The van der Waals surface area contributed by atoms with Crippen LogP contribution in [0.4, 0.5) is 19.3 Å². The van der Waals surface area contributed by atoms with Gasteiger partial charge in [-0.1, -0.05) is 13.8 Å². The highest BCUT2D eigenvalue weighted by Gasteiger charge is 2.16. The Labute approximate surface area is 122 Å². The van der Waals surface area contributed by atoms with Crippen molar-refractivity contribution in [2.45, 2.75) is 26.3 Å². The Morgan fingerprint density at radius 2 is 2.00 bits per heavy atom. The predicted molar refractivity (Wildman–Crippen MR) is 75.4 cm³/mol. The number of anilines is 1. The number of benzene rings is 1. The number of hydrogen-bond acceptors (Lipinski definition) is 3. The Bertz CT molecular complexity index is 495. The van der Waals surface area contributed by atoms with Crippen molar-refractivity contribution in [2.75, 3.05) is 19.0 Å². The van der Waals surface area contributed by atoms with Gasteiger partial charge in [0.1, 0.15) is 0 Å². The lowest BCUT2D eigenvalue weighted by atomic mass is 10.0. The number of halogens is 2. The monoisotopic (exact) mass is 302 g/mol. The first-order valence-electron chi connectivity index (χ1n) is 6.58. The first-order valence-corrected chi connectivity index (χ1v) is 6.58. The number of aliphatic hydroxyl groups excluding tert-OH is 1. The SMILES string of the molecule is COc1cc(F)c(NC(=O)NC(CO)CC(C)C)cc1F. The van der Waals surface area contributed by atoms with E-state index in [9.17, 15) is 13.6 Å². The highest BCUT2D eigenvalue weighted by Crippen LogP contribution is 2.24. The molecule has 118 valence electrons. The fourth-order valence-electron chi connectivity index (χ4n) is 1.87. The fraction of sp³-hybridized carbons (Fsp3) is 0.500. The molecular weight excluding hydrogens is 282 g/mol. The lowest BCUT2D eigenvalue weighted by molar-refractivity contribution is 0.214. The number of carbonyl (C=O) groups is 1. The van der Waals surface area contributed by atoms with Crippen LogP contribution in [0.1, 0.15) is 20.3 Å². The lowest BCUT2D eigenvalue weighted by Crippen LogP contribution is -2.41. The molecule has 7 heteroatoms. The number of carbonyl (C=O) groups excluding carboxylic acids is 1. The first kappa shape index (κ1) is 17.2. The van der Waals surface area contributed by atoms with Gasteiger partial charge in [-0.3, -0.25) is 0 Å². The fourth-order valence-corrected chi connectivity index (χ4v) is 1.87. The van der Waals surface area contributed by atoms with E-state index in [2.05, 4.69) is 15.4 Å². The van der Waals surface area contributed by atoms with Gasteiger partial charge in [-0.25, -0.2) is 13.6 Å². The van der Waals surface area contributed by atoms with Crippen LogP contribution < -0.4 is 15.4 Å². The average Bonchev–Trinajstić information content (AvgIpc) is 2.41. The summed E-state index contributed by atoms with van der Waals surface area (Å²) in [6.45, 7) is 3.66. The van der Waals surface area contributed by atoms with Crippen molar-refractivity contribution in [2.24, 2.45) is 5.92 Å². The molecule has 0 aliphatic rings. The molecule has 0 aromatic heterocycles. The number of amides is 2. The summed E-state index contributed by atoms with van der Waals surface area (Å²) in [6, 6.07) is 0.529.